The average molecular weight is 820 g/mol. The van der Waals surface area contributed by atoms with Crippen molar-refractivity contribution in [2.75, 3.05) is 9.80 Å². The van der Waals surface area contributed by atoms with E-state index >= 15 is 0 Å². The van der Waals surface area contributed by atoms with Crippen molar-refractivity contribution in [2.24, 2.45) is 0 Å². The molecular formula is C56H30BN3O2S. The number of rotatable bonds is 2. The molecule has 5 nitrogen and oxygen atoms in total. The number of nitrogens with zero attached hydrogens (tertiary/aromatic N) is 3. The molecule has 0 saturated carbocycles. The van der Waals surface area contributed by atoms with Crippen LogP contribution in [0.3, 0.4) is 0 Å². The molecule has 9 aromatic carbocycles. The summed E-state index contributed by atoms with van der Waals surface area (Å²) in [6, 6.07) is 66.7. The Morgan fingerprint density at radius 2 is 0.952 bits per heavy atom. The maximum absolute atomic E-state index is 6.59. The number of furan rings is 2. The summed E-state index contributed by atoms with van der Waals surface area (Å²) in [6.45, 7) is -0.0407. The molecule has 0 bridgehead atoms. The topological polar surface area (TPSA) is 37.2 Å². The Balaban J connectivity index is 1.04. The zero-order chi connectivity index (χ0) is 40.7. The van der Waals surface area contributed by atoms with Gasteiger partial charge in [0.2, 0.25) is 0 Å². The maximum Gasteiger partial charge on any atom is 0.254 e. The summed E-state index contributed by atoms with van der Waals surface area (Å²) in [6.07, 6.45) is 0. The number of hydrogen-bond donors (Lipinski definition) is 0. The van der Waals surface area contributed by atoms with Gasteiger partial charge in [0.05, 0.1) is 27.2 Å². The van der Waals surface area contributed by atoms with Crippen molar-refractivity contribution in [3.63, 3.8) is 0 Å². The molecule has 7 heteroatoms. The summed E-state index contributed by atoms with van der Waals surface area (Å²) >= 11 is 1.88. The first-order valence-corrected chi connectivity index (χ1v) is 22.3. The van der Waals surface area contributed by atoms with Crippen molar-refractivity contribution >= 4 is 160 Å². The standard InChI is InChI=1S/C56H30BN3O2S/c1-5-17-43-33(11-1)38-15-9-16-39-41-29-47-42(30-46(41)60(43)55(38)39)57-53-40-14-4-8-22-52(40)63-56(53)59(32-24-26-37-35-13-3-7-21-49(35)62-51(37)28-32)45-19-10-18-44(54(45)57)58(47)31-23-25-36-34-12-2-6-20-48(34)61-50(36)27-31/h1-30H. The average Bonchev–Trinajstić information content (AvgIpc) is 4.14. The van der Waals surface area contributed by atoms with Gasteiger partial charge in [0, 0.05) is 82.7 Å². The van der Waals surface area contributed by atoms with Gasteiger partial charge in [-0.15, -0.1) is 11.3 Å². The first-order chi connectivity index (χ1) is 31.2. The van der Waals surface area contributed by atoms with Crippen LogP contribution in [0.25, 0.3) is 92.1 Å². The lowest BCUT2D eigenvalue weighted by Crippen LogP contribution is -2.61. The minimum absolute atomic E-state index is 0.0407. The molecule has 7 heterocycles. The van der Waals surface area contributed by atoms with Crippen LogP contribution in [0.1, 0.15) is 0 Å². The summed E-state index contributed by atoms with van der Waals surface area (Å²) in [4.78, 5) is 5.00. The summed E-state index contributed by atoms with van der Waals surface area (Å²) < 4.78 is 16.9. The van der Waals surface area contributed by atoms with Gasteiger partial charge in [-0.25, -0.2) is 0 Å². The normalized spacial score (nSPS) is 13.6. The van der Waals surface area contributed by atoms with E-state index in [1.54, 1.807) is 0 Å². The zero-order valence-corrected chi connectivity index (χ0v) is 34.3. The summed E-state index contributed by atoms with van der Waals surface area (Å²) in [5, 5.41) is 12.1. The molecule has 0 radical (unpaired) electrons. The molecule has 0 aliphatic carbocycles. The molecule has 0 atom stereocenters. The van der Waals surface area contributed by atoms with E-state index in [0.29, 0.717) is 0 Å². The van der Waals surface area contributed by atoms with Crippen LogP contribution in [0.2, 0.25) is 0 Å². The molecular weight excluding hydrogens is 790 g/mol. The number of para-hydroxylation sites is 4. The molecule has 2 aliphatic heterocycles. The summed E-state index contributed by atoms with van der Waals surface area (Å²) in [5.41, 5.74) is 16.9. The van der Waals surface area contributed by atoms with Crippen molar-refractivity contribution < 1.29 is 8.83 Å². The Kier molecular flexibility index (Phi) is 5.96. The lowest BCUT2D eigenvalue weighted by atomic mass is 9.33. The van der Waals surface area contributed by atoms with Gasteiger partial charge in [-0.3, -0.25) is 0 Å². The molecule has 2 aliphatic rings. The quantitative estimate of drug-likeness (QED) is 0.163. The van der Waals surface area contributed by atoms with Crippen LogP contribution in [-0.4, -0.2) is 11.1 Å². The van der Waals surface area contributed by atoms with Crippen LogP contribution in [0.5, 0.6) is 0 Å². The first-order valence-electron chi connectivity index (χ1n) is 21.5. The second-order valence-electron chi connectivity index (χ2n) is 17.2. The predicted molar refractivity (Wildman–Crippen MR) is 265 cm³/mol. The van der Waals surface area contributed by atoms with E-state index in [2.05, 4.69) is 184 Å². The van der Waals surface area contributed by atoms with Crippen LogP contribution >= 0.6 is 11.3 Å². The first kappa shape index (κ1) is 32.7. The highest BCUT2D eigenvalue weighted by Crippen LogP contribution is 2.50. The highest BCUT2D eigenvalue weighted by atomic mass is 32.1. The van der Waals surface area contributed by atoms with Crippen LogP contribution in [0, 0.1) is 0 Å². The van der Waals surface area contributed by atoms with Crippen molar-refractivity contribution in [1.29, 1.82) is 0 Å². The monoisotopic (exact) mass is 819 g/mol. The molecule has 0 N–H and O–H groups in total. The molecule has 0 spiro atoms. The van der Waals surface area contributed by atoms with E-state index in [0.717, 1.165) is 60.9 Å². The Morgan fingerprint density at radius 3 is 1.70 bits per heavy atom. The molecule has 0 saturated heterocycles. The van der Waals surface area contributed by atoms with E-state index in [9.17, 15) is 0 Å². The van der Waals surface area contributed by atoms with Gasteiger partial charge in [-0.1, -0.05) is 97.1 Å². The number of aromatic nitrogens is 1. The van der Waals surface area contributed by atoms with E-state index in [-0.39, 0.29) is 6.71 Å². The number of anilines is 6. The van der Waals surface area contributed by atoms with Crippen molar-refractivity contribution in [3.05, 3.63) is 182 Å². The zero-order valence-electron chi connectivity index (χ0n) is 33.5. The van der Waals surface area contributed by atoms with E-state index in [1.807, 2.05) is 23.5 Å². The van der Waals surface area contributed by atoms with Gasteiger partial charge in [0.15, 0.2) is 0 Å². The summed E-state index contributed by atoms with van der Waals surface area (Å²) in [7, 11) is 0. The SMILES string of the molecule is c1cc2c3c(c1)N(c1ccc4c(c1)oc1ccccc14)c1sc4ccccc4c1B3c1cc3c(cc1N2c1ccc2c(c1)oc1ccccc12)c1cccc2c4ccccc4n3c21. The number of benzene rings is 9. The second-order valence-corrected chi connectivity index (χ2v) is 18.2. The van der Waals surface area contributed by atoms with Crippen molar-refractivity contribution in [1.82, 2.24) is 4.40 Å². The maximum atomic E-state index is 6.59. The number of thiophene rings is 1. The fraction of sp³-hybridized carbons (Fsp3) is 0. The fourth-order valence-corrected chi connectivity index (χ4v) is 12.8. The molecule has 0 fully saturated rings. The van der Waals surface area contributed by atoms with Gasteiger partial charge in [0.25, 0.3) is 6.71 Å². The second kappa shape index (κ2) is 11.5. The lowest BCUT2D eigenvalue weighted by molar-refractivity contribution is 0.668. The molecule has 0 amide bonds. The predicted octanol–water partition coefficient (Wildman–Crippen LogP) is 13.9. The van der Waals surface area contributed by atoms with E-state index in [1.165, 1.54) is 80.9 Å². The third-order valence-electron chi connectivity index (χ3n) is 14.1. The van der Waals surface area contributed by atoms with Gasteiger partial charge in [-0.05, 0) is 94.6 Å². The van der Waals surface area contributed by atoms with Crippen LogP contribution in [0.4, 0.5) is 33.4 Å². The third-order valence-corrected chi connectivity index (χ3v) is 15.3. The molecule has 14 aromatic rings. The van der Waals surface area contributed by atoms with E-state index in [4.69, 9.17) is 8.83 Å². The Labute approximate surface area is 363 Å². The Hall–Kier alpha value is -8.00. The molecule has 5 aromatic heterocycles. The third kappa shape index (κ3) is 4.05. The molecule has 290 valence electrons. The van der Waals surface area contributed by atoms with Crippen molar-refractivity contribution in [3.8, 4) is 0 Å². The largest absolute Gasteiger partial charge is 0.456 e. The minimum Gasteiger partial charge on any atom is -0.456 e. The van der Waals surface area contributed by atoms with Gasteiger partial charge < -0.3 is 23.0 Å². The number of fused-ring (bicyclic) bond motifs is 18. The van der Waals surface area contributed by atoms with Gasteiger partial charge in [-0.2, -0.15) is 0 Å². The van der Waals surface area contributed by atoms with Crippen LogP contribution < -0.4 is 26.2 Å². The summed E-state index contributed by atoms with van der Waals surface area (Å²) in [5.74, 6) is 0. The molecule has 63 heavy (non-hydrogen) atoms. The highest BCUT2D eigenvalue weighted by molar-refractivity contribution is 7.26. The number of hydrogen-bond acceptors (Lipinski definition) is 5. The lowest BCUT2D eigenvalue weighted by Gasteiger charge is -2.43. The van der Waals surface area contributed by atoms with Crippen LogP contribution in [-0.2, 0) is 0 Å². The Bertz CT molecular complexity index is 4320. The van der Waals surface area contributed by atoms with Crippen LogP contribution in [0.15, 0.2) is 191 Å². The fourth-order valence-electron chi connectivity index (χ4n) is 11.6. The van der Waals surface area contributed by atoms with Gasteiger partial charge >= 0.3 is 0 Å². The van der Waals surface area contributed by atoms with Crippen molar-refractivity contribution in [2.45, 2.75) is 0 Å². The smallest absolute Gasteiger partial charge is 0.254 e. The molecule has 16 rings (SSSR count). The van der Waals surface area contributed by atoms with Gasteiger partial charge in [0.1, 0.15) is 22.3 Å². The minimum atomic E-state index is -0.0407. The highest BCUT2D eigenvalue weighted by Gasteiger charge is 2.45. The van der Waals surface area contributed by atoms with E-state index < -0.39 is 0 Å². The Morgan fingerprint density at radius 1 is 0.381 bits per heavy atom. The molecule has 0 unspecified atom stereocenters.